The molecule has 49 heavy (non-hydrogen) atoms. The molecule has 0 radical (unpaired) electrons. The van der Waals surface area contributed by atoms with Gasteiger partial charge in [-0.3, -0.25) is 18.6 Å². The number of aliphatic hydroxyl groups is 1. The van der Waals surface area contributed by atoms with Gasteiger partial charge in [0, 0.05) is 19.4 Å². The number of esters is 1. The van der Waals surface area contributed by atoms with Crippen molar-refractivity contribution in [3.05, 3.63) is 85.1 Å². The minimum Gasteiger partial charge on any atom is -0.463 e. The summed E-state index contributed by atoms with van der Waals surface area (Å²) in [6.45, 7) is 3.19. The van der Waals surface area contributed by atoms with Gasteiger partial charge in [-0.2, -0.15) is 0 Å². The van der Waals surface area contributed by atoms with E-state index in [0.717, 1.165) is 83.5 Å². The van der Waals surface area contributed by atoms with Gasteiger partial charge in [0.05, 0.1) is 13.2 Å². The molecule has 0 spiro atoms. The first-order valence-electron chi connectivity index (χ1n) is 18.1. The van der Waals surface area contributed by atoms with E-state index >= 15 is 0 Å². The van der Waals surface area contributed by atoms with Crippen LogP contribution in [0.2, 0.25) is 0 Å². The Balaban J connectivity index is 3.77. The first-order valence-corrected chi connectivity index (χ1v) is 19.6. The first kappa shape index (κ1) is 46.2. The van der Waals surface area contributed by atoms with Crippen molar-refractivity contribution in [2.45, 2.75) is 123 Å². The van der Waals surface area contributed by atoms with E-state index in [4.69, 9.17) is 13.8 Å². The molecule has 0 aromatic heterocycles. The molecule has 2 atom stereocenters. The summed E-state index contributed by atoms with van der Waals surface area (Å²) >= 11 is 0. The third-order valence-corrected chi connectivity index (χ3v) is 7.80. The molecule has 0 rings (SSSR count). The predicted molar refractivity (Wildman–Crippen MR) is 201 cm³/mol. The van der Waals surface area contributed by atoms with Crippen LogP contribution in [0.1, 0.15) is 117 Å². The van der Waals surface area contributed by atoms with Crippen molar-refractivity contribution >= 4 is 19.7 Å². The summed E-state index contributed by atoms with van der Waals surface area (Å²) < 4.78 is 26.7. The lowest BCUT2D eigenvalue weighted by atomic mass is 10.1. The van der Waals surface area contributed by atoms with Crippen molar-refractivity contribution in [2.75, 3.05) is 26.4 Å². The van der Waals surface area contributed by atoms with Crippen LogP contribution in [0.15, 0.2) is 85.1 Å². The number of amides is 1. The summed E-state index contributed by atoms with van der Waals surface area (Å²) in [4.78, 5) is 33.7. The number of allylic oxidation sites excluding steroid dienone is 14. The van der Waals surface area contributed by atoms with E-state index in [0.29, 0.717) is 12.8 Å². The summed E-state index contributed by atoms with van der Waals surface area (Å²) in [6, 6.07) is 0. The Morgan fingerprint density at radius 2 is 1.10 bits per heavy atom. The predicted octanol–water partition coefficient (Wildman–Crippen LogP) is 9.32. The maximum atomic E-state index is 12.0. The monoisotopic (exact) mass is 705 g/mol. The Bertz CT molecular complexity index is 1080. The SMILES string of the molecule is CC/C=C\C/C=C\C/C=C\C/C=C\CCCCC(=O)OCC(O)COP(=O)(O)OCCNC(=O)CCCCC/C=C\C/C=C\C/C=C\CC. The number of hydrogen-bond acceptors (Lipinski definition) is 7. The molecule has 0 saturated heterocycles. The number of hydrogen-bond donors (Lipinski definition) is 3. The van der Waals surface area contributed by atoms with Gasteiger partial charge in [0.25, 0.3) is 0 Å². The highest BCUT2D eigenvalue weighted by Crippen LogP contribution is 2.42. The molecule has 9 nitrogen and oxygen atoms in total. The fourth-order valence-corrected chi connectivity index (χ4v) is 4.90. The highest BCUT2D eigenvalue weighted by Gasteiger charge is 2.23. The summed E-state index contributed by atoms with van der Waals surface area (Å²) in [5, 5.41) is 12.6. The molecule has 0 fully saturated rings. The van der Waals surface area contributed by atoms with Crippen LogP contribution >= 0.6 is 7.82 Å². The molecule has 1 amide bonds. The van der Waals surface area contributed by atoms with Crippen molar-refractivity contribution in [3.63, 3.8) is 0 Å². The second-order valence-electron chi connectivity index (χ2n) is 11.4. The van der Waals surface area contributed by atoms with Gasteiger partial charge in [-0.25, -0.2) is 4.57 Å². The topological polar surface area (TPSA) is 131 Å². The Morgan fingerprint density at radius 3 is 1.63 bits per heavy atom. The number of ether oxygens (including phenoxy) is 1. The molecule has 0 heterocycles. The Kier molecular flexibility index (Phi) is 33.0. The molecular weight excluding hydrogens is 641 g/mol. The molecule has 0 saturated carbocycles. The van der Waals surface area contributed by atoms with E-state index < -0.39 is 26.5 Å². The molecule has 0 aliphatic carbocycles. The Hall–Kier alpha value is -2.81. The summed E-state index contributed by atoms with van der Waals surface area (Å²) in [5.41, 5.74) is 0. The van der Waals surface area contributed by atoms with Crippen molar-refractivity contribution in [1.29, 1.82) is 0 Å². The fraction of sp³-hybridized carbons (Fsp3) is 0.590. The van der Waals surface area contributed by atoms with Crippen molar-refractivity contribution in [2.24, 2.45) is 0 Å². The van der Waals surface area contributed by atoms with Gasteiger partial charge < -0.3 is 20.1 Å². The standard InChI is InChI=1S/C39H64NO8P/c1-3-5-7-9-11-13-15-17-18-20-22-24-26-28-30-32-39(43)46-35-37(41)36-48-49(44,45)47-34-33-40-38(42)31-29-27-25-23-21-19-16-14-12-10-8-6-4-2/h5-8,11-14,17-19,21-22,24,37,41H,3-4,9-10,15-16,20,23,25-36H2,1-2H3,(H,40,42)(H,44,45)/b7-5-,8-6-,13-11-,14-12-,18-17-,21-19-,24-22-. The van der Waals surface area contributed by atoms with Gasteiger partial charge in [-0.15, -0.1) is 0 Å². The molecule has 0 aliphatic heterocycles. The number of aliphatic hydroxyl groups excluding tert-OH is 1. The van der Waals surface area contributed by atoms with Crippen molar-refractivity contribution < 1.29 is 37.9 Å². The molecule has 0 aromatic carbocycles. The lowest BCUT2D eigenvalue weighted by Crippen LogP contribution is -2.27. The van der Waals surface area contributed by atoms with E-state index in [1.807, 2.05) is 0 Å². The molecule has 2 unspecified atom stereocenters. The maximum absolute atomic E-state index is 12.0. The van der Waals surface area contributed by atoms with Crippen molar-refractivity contribution in [3.8, 4) is 0 Å². The smallest absolute Gasteiger partial charge is 0.463 e. The first-order chi connectivity index (χ1) is 23.8. The second kappa shape index (κ2) is 35.0. The third kappa shape index (κ3) is 36.3. The number of carbonyl (C=O) groups excluding carboxylic acids is 2. The summed E-state index contributed by atoms with van der Waals surface area (Å²) in [7, 11) is -4.43. The molecule has 278 valence electrons. The van der Waals surface area contributed by atoms with E-state index in [9.17, 15) is 24.2 Å². The third-order valence-electron chi connectivity index (χ3n) is 6.82. The second-order valence-corrected chi connectivity index (χ2v) is 12.9. The Labute approximate surface area is 296 Å². The number of phosphoric ester groups is 1. The van der Waals surface area contributed by atoms with E-state index in [2.05, 4.69) is 104 Å². The quantitative estimate of drug-likeness (QED) is 0.0273. The lowest BCUT2D eigenvalue weighted by Gasteiger charge is -2.15. The number of carbonyl (C=O) groups is 2. The zero-order valence-electron chi connectivity index (χ0n) is 30.1. The molecule has 10 heteroatoms. The number of unbranched alkanes of at least 4 members (excludes halogenated alkanes) is 5. The van der Waals surface area contributed by atoms with Gasteiger partial charge in [0.15, 0.2) is 0 Å². The fourth-order valence-electron chi connectivity index (χ4n) is 4.15. The summed E-state index contributed by atoms with van der Waals surface area (Å²) in [6.07, 6.45) is 42.3. The van der Waals surface area contributed by atoms with Crippen LogP contribution in [0, 0.1) is 0 Å². The van der Waals surface area contributed by atoms with Crippen LogP contribution in [0.25, 0.3) is 0 Å². The number of rotatable bonds is 32. The largest absolute Gasteiger partial charge is 0.472 e. The van der Waals surface area contributed by atoms with Gasteiger partial charge in [0.1, 0.15) is 12.7 Å². The average molecular weight is 706 g/mol. The van der Waals surface area contributed by atoms with Crippen LogP contribution in [0.4, 0.5) is 0 Å². The number of phosphoric acid groups is 1. The molecule has 3 N–H and O–H groups in total. The van der Waals surface area contributed by atoms with Gasteiger partial charge in [-0.1, -0.05) is 105 Å². The molecule has 0 aromatic rings. The zero-order chi connectivity index (χ0) is 36.1. The highest BCUT2D eigenvalue weighted by molar-refractivity contribution is 7.47. The van der Waals surface area contributed by atoms with Crippen LogP contribution in [0.3, 0.4) is 0 Å². The minimum atomic E-state index is -4.43. The van der Waals surface area contributed by atoms with Crippen LogP contribution in [0.5, 0.6) is 0 Å². The van der Waals surface area contributed by atoms with E-state index in [1.165, 1.54) is 0 Å². The van der Waals surface area contributed by atoms with Gasteiger partial charge in [-0.05, 0) is 83.5 Å². The molecular formula is C39H64NO8P. The van der Waals surface area contributed by atoms with Crippen LogP contribution < -0.4 is 5.32 Å². The minimum absolute atomic E-state index is 0.0552. The summed E-state index contributed by atoms with van der Waals surface area (Å²) in [5.74, 6) is -0.600. The van der Waals surface area contributed by atoms with Crippen LogP contribution in [-0.2, 0) is 27.9 Å². The maximum Gasteiger partial charge on any atom is 0.472 e. The van der Waals surface area contributed by atoms with Crippen LogP contribution in [-0.4, -0.2) is 54.3 Å². The van der Waals surface area contributed by atoms with E-state index in [1.54, 1.807) is 0 Å². The highest BCUT2D eigenvalue weighted by atomic mass is 31.2. The van der Waals surface area contributed by atoms with E-state index in [-0.39, 0.29) is 32.1 Å². The molecule has 0 aliphatic rings. The Morgan fingerprint density at radius 1 is 0.633 bits per heavy atom. The average Bonchev–Trinajstić information content (AvgIpc) is 3.08. The van der Waals surface area contributed by atoms with Gasteiger partial charge >= 0.3 is 13.8 Å². The number of nitrogens with one attached hydrogen (secondary N) is 1. The normalized spacial score (nSPS) is 14.4. The van der Waals surface area contributed by atoms with Crippen molar-refractivity contribution in [1.82, 2.24) is 5.32 Å². The lowest BCUT2D eigenvalue weighted by molar-refractivity contribution is -0.147. The van der Waals surface area contributed by atoms with Gasteiger partial charge in [0.2, 0.25) is 5.91 Å². The zero-order valence-corrected chi connectivity index (χ0v) is 31.0. The molecule has 0 bridgehead atoms.